The molecule has 0 saturated carbocycles. The van der Waals surface area contributed by atoms with Gasteiger partial charge in [-0.05, 0) is 30.2 Å². The molecule has 0 spiro atoms. The van der Waals surface area contributed by atoms with Crippen LogP contribution in [-0.4, -0.2) is 44.1 Å². The van der Waals surface area contributed by atoms with Crippen LogP contribution in [-0.2, 0) is 11.3 Å². The smallest absolute Gasteiger partial charge is 0.193 e. The van der Waals surface area contributed by atoms with Crippen LogP contribution in [0.15, 0.2) is 35.3 Å². The van der Waals surface area contributed by atoms with E-state index in [1.54, 1.807) is 0 Å². The van der Waals surface area contributed by atoms with Crippen molar-refractivity contribution in [3.05, 3.63) is 35.9 Å². The van der Waals surface area contributed by atoms with Crippen LogP contribution in [0, 0.1) is 11.3 Å². The predicted molar refractivity (Wildman–Crippen MR) is 121 cm³/mol. The van der Waals surface area contributed by atoms with Crippen molar-refractivity contribution < 1.29 is 4.74 Å². The molecule has 0 aromatic heterocycles. The number of ether oxygens (including phenoxy) is 1. The highest BCUT2D eigenvalue weighted by atomic mass is 127. The van der Waals surface area contributed by atoms with E-state index in [0.29, 0.717) is 17.9 Å². The van der Waals surface area contributed by atoms with Crippen LogP contribution < -0.4 is 5.32 Å². The fourth-order valence-corrected chi connectivity index (χ4v) is 3.23. The van der Waals surface area contributed by atoms with Crippen molar-refractivity contribution in [3.63, 3.8) is 0 Å². The molecule has 5 heteroatoms. The number of aliphatic imine (C=N–C) groups is 1. The van der Waals surface area contributed by atoms with Crippen LogP contribution in [0.4, 0.5) is 0 Å². The van der Waals surface area contributed by atoms with Crippen molar-refractivity contribution in [3.8, 4) is 0 Å². The van der Waals surface area contributed by atoms with Gasteiger partial charge in [-0.1, -0.05) is 51.1 Å². The van der Waals surface area contributed by atoms with Gasteiger partial charge in [0.05, 0.1) is 13.2 Å². The molecule has 4 nitrogen and oxygen atoms in total. The maximum Gasteiger partial charge on any atom is 0.193 e. The number of nitrogens with zero attached hydrogens (tertiary/aromatic N) is 2. The Balaban J connectivity index is 0.00000338. The topological polar surface area (TPSA) is 36.9 Å². The van der Waals surface area contributed by atoms with Crippen LogP contribution >= 0.6 is 24.0 Å². The highest BCUT2D eigenvalue weighted by molar-refractivity contribution is 14.0. The van der Waals surface area contributed by atoms with Crippen molar-refractivity contribution in [1.82, 2.24) is 10.2 Å². The molecular weight excluding hydrogens is 437 g/mol. The summed E-state index contributed by atoms with van der Waals surface area (Å²) in [6.45, 7) is 11.5. The Morgan fingerprint density at radius 3 is 2.65 bits per heavy atom. The van der Waals surface area contributed by atoms with Gasteiger partial charge < -0.3 is 15.0 Å². The van der Waals surface area contributed by atoms with Crippen molar-refractivity contribution in [2.24, 2.45) is 16.3 Å². The summed E-state index contributed by atoms with van der Waals surface area (Å²) >= 11 is 0. The van der Waals surface area contributed by atoms with Gasteiger partial charge >= 0.3 is 0 Å². The second-order valence-corrected chi connectivity index (χ2v) is 8.24. The molecule has 26 heavy (non-hydrogen) atoms. The zero-order valence-corrected chi connectivity index (χ0v) is 19.2. The molecule has 1 N–H and O–H groups in total. The standard InChI is InChI=1S/C21H35N3O.HI/c1-21(2,3)12-8-13-23-20(22-4)24-14-11-19(15-24)17-25-16-18-9-6-5-7-10-18;/h5-7,9-10,19H,8,11-17H2,1-4H3,(H,22,23);1H. The Morgan fingerprint density at radius 2 is 2.00 bits per heavy atom. The average molecular weight is 473 g/mol. The van der Waals surface area contributed by atoms with E-state index >= 15 is 0 Å². The van der Waals surface area contributed by atoms with E-state index in [-0.39, 0.29) is 24.0 Å². The molecule has 1 atom stereocenters. The summed E-state index contributed by atoms with van der Waals surface area (Å²) in [4.78, 5) is 6.83. The Kier molecular flexibility index (Phi) is 10.5. The van der Waals surface area contributed by atoms with E-state index in [1.807, 2.05) is 13.1 Å². The zero-order valence-electron chi connectivity index (χ0n) is 16.8. The quantitative estimate of drug-likeness (QED) is 0.273. The third-order valence-corrected chi connectivity index (χ3v) is 4.65. The van der Waals surface area contributed by atoms with Crippen molar-refractivity contribution in [2.45, 2.75) is 46.6 Å². The second-order valence-electron chi connectivity index (χ2n) is 8.24. The van der Waals surface area contributed by atoms with E-state index in [4.69, 9.17) is 4.74 Å². The molecule has 1 unspecified atom stereocenters. The van der Waals surface area contributed by atoms with Crippen LogP contribution in [0.25, 0.3) is 0 Å². The Morgan fingerprint density at radius 1 is 1.27 bits per heavy atom. The lowest BCUT2D eigenvalue weighted by Crippen LogP contribution is -2.40. The molecule has 0 aliphatic carbocycles. The third-order valence-electron chi connectivity index (χ3n) is 4.65. The zero-order chi connectivity index (χ0) is 18.1. The number of rotatable bonds is 7. The largest absolute Gasteiger partial charge is 0.376 e. The van der Waals surface area contributed by atoms with Crippen molar-refractivity contribution in [2.75, 3.05) is 33.3 Å². The molecule has 0 bridgehead atoms. The number of halogens is 1. The van der Waals surface area contributed by atoms with Crippen LogP contribution in [0.3, 0.4) is 0 Å². The van der Waals surface area contributed by atoms with Gasteiger partial charge in [-0.25, -0.2) is 0 Å². The van der Waals surface area contributed by atoms with Gasteiger partial charge in [0.2, 0.25) is 0 Å². The van der Waals surface area contributed by atoms with Crippen LogP contribution in [0.1, 0.15) is 45.6 Å². The summed E-state index contributed by atoms with van der Waals surface area (Å²) in [5.74, 6) is 1.64. The molecule has 0 amide bonds. The van der Waals surface area contributed by atoms with Crippen LogP contribution in [0.2, 0.25) is 0 Å². The highest BCUT2D eigenvalue weighted by Crippen LogP contribution is 2.20. The fourth-order valence-electron chi connectivity index (χ4n) is 3.23. The fraction of sp³-hybridized carbons (Fsp3) is 0.667. The minimum Gasteiger partial charge on any atom is -0.376 e. The number of hydrogen-bond donors (Lipinski definition) is 1. The monoisotopic (exact) mass is 473 g/mol. The molecule has 1 fully saturated rings. The number of nitrogens with one attached hydrogen (secondary N) is 1. The molecule has 2 rings (SSSR count). The minimum absolute atomic E-state index is 0. The Labute approximate surface area is 176 Å². The summed E-state index contributed by atoms with van der Waals surface area (Å²) in [7, 11) is 1.88. The van der Waals surface area contributed by atoms with E-state index in [1.165, 1.54) is 24.8 Å². The predicted octanol–water partition coefficient (Wildman–Crippen LogP) is 4.54. The summed E-state index contributed by atoms with van der Waals surface area (Å²) in [5, 5.41) is 3.52. The summed E-state index contributed by atoms with van der Waals surface area (Å²) < 4.78 is 5.91. The molecular formula is C21H36IN3O. The first-order valence-corrected chi connectivity index (χ1v) is 9.55. The number of guanidine groups is 1. The van der Waals surface area contributed by atoms with Gasteiger partial charge in [0.15, 0.2) is 5.96 Å². The van der Waals surface area contributed by atoms with E-state index < -0.39 is 0 Å². The average Bonchev–Trinajstić information content (AvgIpc) is 3.03. The first-order valence-electron chi connectivity index (χ1n) is 9.55. The van der Waals surface area contributed by atoms with Gasteiger partial charge in [-0.3, -0.25) is 4.99 Å². The lowest BCUT2D eigenvalue weighted by atomic mass is 9.91. The highest BCUT2D eigenvalue weighted by Gasteiger charge is 2.24. The molecule has 1 aromatic rings. The summed E-state index contributed by atoms with van der Waals surface area (Å²) in [6.07, 6.45) is 3.59. The maximum atomic E-state index is 5.91. The van der Waals surface area contributed by atoms with Gasteiger partial charge in [-0.2, -0.15) is 0 Å². The van der Waals surface area contributed by atoms with E-state index in [0.717, 1.165) is 32.2 Å². The van der Waals surface area contributed by atoms with Crippen LogP contribution in [0.5, 0.6) is 0 Å². The first-order chi connectivity index (χ1) is 12.0. The molecule has 1 aromatic carbocycles. The van der Waals surface area contributed by atoms with Gasteiger partial charge in [0.1, 0.15) is 0 Å². The first kappa shape index (κ1) is 23.2. The molecule has 1 saturated heterocycles. The van der Waals surface area contributed by atoms with Gasteiger partial charge in [0, 0.05) is 32.6 Å². The lowest BCUT2D eigenvalue weighted by Gasteiger charge is -2.23. The normalized spacial score (nSPS) is 17.9. The molecule has 148 valence electrons. The molecule has 0 radical (unpaired) electrons. The summed E-state index contributed by atoms with van der Waals surface area (Å²) in [5.41, 5.74) is 1.65. The Hall–Kier alpha value is -0.820. The molecule has 1 aliphatic heterocycles. The molecule has 1 heterocycles. The van der Waals surface area contributed by atoms with E-state index in [9.17, 15) is 0 Å². The second kappa shape index (κ2) is 11.8. The third kappa shape index (κ3) is 8.71. The molecule has 1 aliphatic rings. The minimum atomic E-state index is 0. The van der Waals surface area contributed by atoms with Gasteiger partial charge in [-0.15, -0.1) is 24.0 Å². The van der Waals surface area contributed by atoms with Gasteiger partial charge in [0.25, 0.3) is 0 Å². The number of hydrogen-bond acceptors (Lipinski definition) is 2. The summed E-state index contributed by atoms with van der Waals surface area (Å²) in [6, 6.07) is 10.4. The SMILES string of the molecule is CN=C(NCCCC(C)(C)C)N1CCC(COCc2ccccc2)C1.I. The number of benzene rings is 1. The Bertz CT molecular complexity index is 528. The maximum absolute atomic E-state index is 5.91. The lowest BCUT2D eigenvalue weighted by molar-refractivity contribution is 0.0906. The number of likely N-dealkylation sites (tertiary alicyclic amines) is 1. The van der Waals surface area contributed by atoms with E-state index in [2.05, 4.69) is 60.2 Å². The van der Waals surface area contributed by atoms with Crippen molar-refractivity contribution in [1.29, 1.82) is 0 Å². The van der Waals surface area contributed by atoms with Crippen molar-refractivity contribution >= 4 is 29.9 Å².